The molecular weight excluding hydrogens is 587 g/mol. The molecule has 1 heterocycles. The van der Waals surface area contributed by atoms with Crippen molar-refractivity contribution in [3.05, 3.63) is 70.5 Å². The molecule has 1 N–H and O–H groups in total. The molecule has 0 radical (unpaired) electrons. The van der Waals surface area contributed by atoms with Gasteiger partial charge in [0.1, 0.15) is 0 Å². The first-order valence-electron chi connectivity index (χ1n) is 14.9. The lowest BCUT2D eigenvalue weighted by Crippen LogP contribution is -2.16. The van der Waals surface area contributed by atoms with Gasteiger partial charge in [0, 0.05) is 18.4 Å². The van der Waals surface area contributed by atoms with Crippen LogP contribution >= 0.6 is 28.7 Å². The van der Waals surface area contributed by atoms with Crippen molar-refractivity contribution in [3.8, 4) is 5.75 Å². The van der Waals surface area contributed by atoms with E-state index in [1.54, 1.807) is 12.1 Å². The number of benzene rings is 2. The average molecular weight is 636 g/mol. The smallest absolute Gasteiger partial charge is 0.228 e. The van der Waals surface area contributed by atoms with E-state index in [1.165, 1.54) is 75.2 Å². The molecule has 2 aromatic carbocycles. The van der Waals surface area contributed by atoms with E-state index >= 15 is 0 Å². The highest BCUT2D eigenvalue weighted by Gasteiger charge is 2.12. The van der Waals surface area contributed by atoms with Crippen LogP contribution in [0.1, 0.15) is 102 Å². The van der Waals surface area contributed by atoms with Gasteiger partial charge in [-0.2, -0.15) is 0 Å². The third kappa shape index (κ3) is 13.6. The zero-order valence-electron chi connectivity index (χ0n) is 24.4. The number of thioether (sulfide) groups is 1. The third-order valence-electron chi connectivity index (χ3n) is 7.04. The quantitative estimate of drug-likeness (QED) is 0.156. The molecule has 4 nitrogen and oxygen atoms in total. The van der Waals surface area contributed by atoms with Gasteiger partial charge < -0.3 is 15.0 Å². The molecule has 0 fully saturated rings. The van der Waals surface area contributed by atoms with Gasteiger partial charge in [-0.1, -0.05) is 95.8 Å². The molecule has 0 unspecified atom stereocenters. The first-order valence-corrected chi connectivity index (χ1v) is 15.9. The Labute approximate surface area is 256 Å². The number of anilines is 1. The van der Waals surface area contributed by atoms with Crippen LogP contribution in [0.3, 0.4) is 0 Å². The lowest BCUT2D eigenvalue weighted by atomic mass is 10.1. The lowest BCUT2D eigenvalue weighted by Gasteiger charge is -2.15. The minimum Gasteiger partial charge on any atom is -0.491 e. The molecule has 40 heavy (non-hydrogen) atoms. The Balaban J connectivity index is 0.00000560. The molecular formula is C33H48BrFN2O2S. The van der Waals surface area contributed by atoms with Crippen LogP contribution < -0.4 is 10.1 Å². The van der Waals surface area contributed by atoms with Crippen molar-refractivity contribution in [3.63, 3.8) is 0 Å². The molecule has 1 amide bonds. The standard InChI is InChI=1S/C33H47FN2O2S.BrH/c1-3-4-5-6-7-8-9-10-11-12-13-14-20-38-32-19-18-28(22-31(32)34)23-33(37)35-30-17-15-16-29(21-30)25-36-24-27(2)39-26-36;/h15-19,21-22,24H,3-14,20,23,25-26H2,1-2H3,(H,35,37);1H. The highest BCUT2D eigenvalue weighted by Crippen LogP contribution is 2.26. The van der Waals surface area contributed by atoms with Crippen molar-refractivity contribution in [2.75, 3.05) is 17.8 Å². The Bertz CT molecular complexity index is 1050. The van der Waals surface area contributed by atoms with E-state index in [2.05, 4.69) is 36.3 Å². The van der Waals surface area contributed by atoms with Gasteiger partial charge in [0.25, 0.3) is 0 Å². The van der Waals surface area contributed by atoms with Crippen molar-refractivity contribution in [1.29, 1.82) is 0 Å². The molecule has 222 valence electrons. The summed E-state index contributed by atoms with van der Waals surface area (Å²) in [6.45, 7) is 5.70. The largest absolute Gasteiger partial charge is 0.491 e. The molecule has 1 aliphatic rings. The van der Waals surface area contributed by atoms with E-state index in [-0.39, 0.29) is 35.1 Å². The SMILES string of the molecule is Br.CCCCCCCCCCCCCCOc1ccc(CC(=O)Nc2cccc(CN3C=C(C)SC3)c2)cc1F. The van der Waals surface area contributed by atoms with Crippen LogP contribution in [-0.4, -0.2) is 23.3 Å². The van der Waals surface area contributed by atoms with Crippen LogP contribution in [0.2, 0.25) is 0 Å². The molecule has 3 rings (SSSR count). The highest BCUT2D eigenvalue weighted by atomic mass is 79.9. The summed E-state index contributed by atoms with van der Waals surface area (Å²) >= 11 is 1.83. The average Bonchev–Trinajstić information content (AvgIpc) is 3.32. The van der Waals surface area contributed by atoms with Crippen LogP contribution in [0.25, 0.3) is 0 Å². The number of nitrogens with zero attached hydrogens (tertiary/aromatic N) is 1. The number of ether oxygens (including phenoxy) is 1. The van der Waals surface area contributed by atoms with Gasteiger partial charge in [-0.15, -0.1) is 28.7 Å². The van der Waals surface area contributed by atoms with Gasteiger partial charge in [0.15, 0.2) is 11.6 Å². The minimum atomic E-state index is -0.409. The van der Waals surface area contributed by atoms with E-state index < -0.39 is 5.82 Å². The van der Waals surface area contributed by atoms with E-state index in [0.717, 1.165) is 36.5 Å². The number of allylic oxidation sites excluding steroid dienone is 1. The van der Waals surface area contributed by atoms with E-state index in [0.29, 0.717) is 12.2 Å². The minimum absolute atomic E-state index is 0. The number of carbonyl (C=O) groups is 1. The molecule has 2 aromatic rings. The van der Waals surface area contributed by atoms with Crippen LogP contribution in [0.15, 0.2) is 53.6 Å². The number of amides is 1. The molecule has 0 atom stereocenters. The molecule has 0 spiro atoms. The van der Waals surface area contributed by atoms with Crippen molar-refractivity contribution in [2.45, 2.75) is 104 Å². The van der Waals surface area contributed by atoms with Crippen molar-refractivity contribution in [2.24, 2.45) is 0 Å². The maximum atomic E-state index is 14.6. The molecule has 0 saturated carbocycles. The third-order valence-corrected chi connectivity index (χ3v) is 8.06. The fourth-order valence-electron chi connectivity index (χ4n) is 4.88. The fourth-order valence-corrected chi connectivity index (χ4v) is 5.64. The summed E-state index contributed by atoms with van der Waals surface area (Å²) < 4.78 is 20.3. The van der Waals surface area contributed by atoms with Gasteiger partial charge >= 0.3 is 0 Å². The maximum absolute atomic E-state index is 14.6. The summed E-state index contributed by atoms with van der Waals surface area (Å²) in [4.78, 5) is 16.2. The second-order valence-electron chi connectivity index (χ2n) is 10.7. The van der Waals surface area contributed by atoms with Crippen molar-refractivity contribution < 1.29 is 13.9 Å². The Morgan fingerprint density at radius 3 is 2.23 bits per heavy atom. The summed E-state index contributed by atoms with van der Waals surface area (Å²) in [5, 5.41) is 2.95. The summed E-state index contributed by atoms with van der Waals surface area (Å²) in [7, 11) is 0. The number of carbonyl (C=O) groups excluding carboxylic acids is 1. The molecule has 7 heteroatoms. The van der Waals surface area contributed by atoms with E-state index in [4.69, 9.17) is 4.74 Å². The second kappa shape index (κ2) is 20.0. The predicted molar refractivity (Wildman–Crippen MR) is 174 cm³/mol. The van der Waals surface area contributed by atoms with Crippen LogP contribution in [0.4, 0.5) is 10.1 Å². The van der Waals surface area contributed by atoms with Gasteiger partial charge in [0.2, 0.25) is 5.91 Å². The lowest BCUT2D eigenvalue weighted by molar-refractivity contribution is -0.115. The Kier molecular flexibility index (Phi) is 17.1. The Morgan fingerprint density at radius 1 is 0.925 bits per heavy atom. The summed E-state index contributed by atoms with van der Waals surface area (Å²) in [5.41, 5.74) is 2.53. The first-order chi connectivity index (χ1) is 19.0. The van der Waals surface area contributed by atoms with Crippen molar-refractivity contribution >= 4 is 40.3 Å². The van der Waals surface area contributed by atoms with Gasteiger partial charge in [-0.05, 0) is 53.6 Å². The summed E-state index contributed by atoms with van der Waals surface area (Å²) in [6.07, 6.45) is 17.7. The molecule has 0 aliphatic carbocycles. The Morgan fingerprint density at radius 2 is 1.60 bits per heavy atom. The van der Waals surface area contributed by atoms with Crippen LogP contribution in [-0.2, 0) is 17.8 Å². The number of halogens is 2. The van der Waals surface area contributed by atoms with Gasteiger partial charge in [-0.25, -0.2) is 4.39 Å². The molecule has 0 aromatic heterocycles. The van der Waals surface area contributed by atoms with Crippen LogP contribution in [0, 0.1) is 5.82 Å². The maximum Gasteiger partial charge on any atom is 0.228 e. The predicted octanol–water partition coefficient (Wildman–Crippen LogP) is 10.0. The topological polar surface area (TPSA) is 41.6 Å². The number of nitrogens with one attached hydrogen (secondary N) is 1. The van der Waals surface area contributed by atoms with E-state index in [9.17, 15) is 9.18 Å². The van der Waals surface area contributed by atoms with E-state index in [1.807, 2.05) is 30.0 Å². The zero-order valence-corrected chi connectivity index (χ0v) is 26.9. The molecule has 1 aliphatic heterocycles. The van der Waals surface area contributed by atoms with Crippen molar-refractivity contribution in [1.82, 2.24) is 4.90 Å². The number of hydrogen-bond donors (Lipinski definition) is 1. The fraction of sp³-hybridized carbons (Fsp3) is 0.545. The number of unbranched alkanes of at least 4 members (excludes halogenated alkanes) is 11. The normalized spacial score (nSPS) is 12.7. The number of rotatable bonds is 19. The number of hydrogen-bond acceptors (Lipinski definition) is 4. The monoisotopic (exact) mass is 634 g/mol. The Hall–Kier alpha value is -1.99. The van der Waals surface area contributed by atoms with Crippen LogP contribution in [0.5, 0.6) is 5.75 Å². The zero-order chi connectivity index (χ0) is 27.7. The van der Waals surface area contributed by atoms with Gasteiger partial charge in [0.05, 0.1) is 18.9 Å². The summed E-state index contributed by atoms with van der Waals surface area (Å²) in [6, 6.07) is 12.7. The summed E-state index contributed by atoms with van der Waals surface area (Å²) in [5.74, 6) is 0.643. The highest BCUT2D eigenvalue weighted by molar-refractivity contribution is 8.93. The molecule has 0 bridgehead atoms. The van der Waals surface area contributed by atoms with Gasteiger partial charge in [-0.3, -0.25) is 4.79 Å². The molecule has 0 saturated heterocycles. The first kappa shape index (κ1) is 34.2. The second-order valence-corrected chi connectivity index (χ2v) is 11.9.